The Hall–Kier alpha value is -2.44. The lowest BCUT2D eigenvalue weighted by Gasteiger charge is -2.19. The maximum atomic E-state index is 11.9. The number of nitrogens with zero attached hydrogens (tertiary/aromatic N) is 5. The number of carbonyl (C=O) groups excluding carboxylic acids is 1. The zero-order valence-corrected chi connectivity index (χ0v) is 10.9. The topological polar surface area (TPSA) is 75.9 Å². The highest BCUT2D eigenvalue weighted by atomic mass is 16.2. The van der Waals surface area contributed by atoms with Crippen molar-refractivity contribution >= 4 is 11.7 Å². The summed E-state index contributed by atoms with van der Waals surface area (Å²) in [7, 11) is 0. The van der Waals surface area contributed by atoms with Gasteiger partial charge in [-0.15, -0.1) is 10.2 Å². The van der Waals surface area contributed by atoms with E-state index in [4.69, 9.17) is 0 Å². The number of nitrogens with one attached hydrogen (secondary N) is 1. The highest BCUT2D eigenvalue weighted by Crippen LogP contribution is 2.09. The molecular weight excluding hydrogens is 244 g/mol. The number of hydrogen-bond donors (Lipinski definition) is 1. The molecule has 0 bridgehead atoms. The molecule has 7 heteroatoms. The average Bonchev–Trinajstić information content (AvgIpc) is 2.95. The number of urea groups is 1. The molecule has 2 aromatic heterocycles. The highest BCUT2D eigenvalue weighted by Gasteiger charge is 2.09. The minimum Gasteiger partial charge on any atom is -0.325 e. The van der Waals surface area contributed by atoms with Crippen LogP contribution in [0, 0.1) is 0 Å². The van der Waals surface area contributed by atoms with Crippen molar-refractivity contribution in [1.29, 1.82) is 0 Å². The van der Waals surface area contributed by atoms with Gasteiger partial charge in [-0.25, -0.2) is 9.78 Å². The molecule has 0 spiro atoms. The molecule has 0 aliphatic rings. The Morgan fingerprint density at radius 2 is 1.95 bits per heavy atom. The van der Waals surface area contributed by atoms with Crippen molar-refractivity contribution in [2.75, 3.05) is 18.4 Å². The number of aromatic nitrogens is 4. The molecule has 0 fully saturated rings. The zero-order chi connectivity index (χ0) is 13.7. The van der Waals surface area contributed by atoms with Crippen LogP contribution in [0.5, 0.6) is 0 Å². The molecule has 0 saturated heterocycles. The molecular formula is C12H16N6O. The Morgan fingerprint density at radius 3 is 2.47 bits per heavy atom. The maximum Gasteiger partial charge on any atom is 0.321 e. The molecule has 2 heterocycles. The van der Waals surface area contributed by atoms with Crippen LogP contribution in [-0.4, -0.2) is 43.8 Å². The van der Waals surface area contributed by atoms with Crippen molar-refractivity contribution < 1.29 is 4.79 Å². The standard InChI is InChI=1S/C12H16N6O/c1-3-17(4-2)12(19)16-10-5-6-11(13-7-10)18-8-14-15-9-18/h5-9H,3-4H2,1-2H3,(H,16,19). The van der Waals surface area contributed by atoms with Gasteiger partial charge in [0.2, 0.25) is 0 Å². The van der Waals surface area contributed by atoms with E-state index in [1.165, 1.54) is 0 Å². The van der Waals surface area contributed by atoms with Crippen LogP contribution in [0.4, 0.5) is 10.5 Å². The van der Waals surface area contributed by atoms with Crippen molar-refractivity contribution in [3.05, 3.63) is 31.0 Å². The maximum absolute atomic E-state index is 11.9. The van der Waals surface area contributed by atoms with E-state index in [0.717, 1.165) is 0 Å². The van der Waals surface area contributed by atoms with Crippen LogP contribution < -0.4 is 5.32 Å². The molecule has 0 aliphatic carbocycles. The molecule has 1 N–H and O–H groups in total. The second-order valence-corrected chi connectivity index (χ2v) is 3.88. The number of amides is 2. The van der Waals surface area contributed by atoms with Gasteiger partial charge in [-0.05, 0) is 26.0 Å². The molecule has 0 aliphatic heterocycles. The molecule has 2 rings (SSSR count). The minimum atomic E-state index is -0.121. The molecule has 0 aromatic carbocycles. The third-order valence-corrected chi connectivity index (χ3v) is 2.73. The van der Waals surface area contributed by atoms with Gasteiger partial charge in [0.25, 0.3) is 0 Å². The predicted octanol–water partition coefficient (Wildman–Crippen LogP) is 1.54. The second kappa shape index (κ2) is 5.94. The smallest absolute Gasteiger partial charge is 0.321 e. The summed E-state index contributed by atoms with van der Waals surface area (Å²) in [4.78, 5) is 17.8. The first-order valence-electron chi connectivity index (χ1n) is 6.11. The van der Waals surface area contributed by atoms with Crippen molar-refractivity contribution in [1.82, 2.24) is 24.6 Å². The van der Waals surface area contributed by atoms with Gasteiger partial charge >= 0.3 is 6.03 Å². The molecule has 0 unspecified atom stereocenters. The van der Waals surface area contributed by atoms with Crippen molar-refractivity contribution in [3.63, 3.8) is 0 Å². The Labute approximate surface area is 111 Å². The quantitative estimate of drug-likeness (QED) is 0.904. The van der Waals surface area contributed by atoms with Gasteiger partial charge in [0, 0.05) is 13.1 Å². The fourth-order valence-corrected chi connectivity index (χ4v) is 1.65. The van der Waals surface area contributed by atoms with Gasteiger partial charge in [-0.1, -0.05) is 0 Å². The van der Waals surface area contributed by atoms with Crippen molar-refractivity contribution in [2.45, 2.75) is 13.8 Å². The van der Waals surface area contributed by atoms with Gasteiger partial charge in [0.15, 0.2) is 0 Å². The number of anilines is 1. The van der Waals surface area contributed by atoms with Gasteiger partial charge < -0.3 is 10.2 Å². The largest absolute Gasteiger partial charge is 0.325 e. The van der Waals surface area contributed by atoms with Crippen LogP contribution in [0.2, 0.25) is 0 Å². The highest BCUT2D eigenvalue weighted by molar-refractivity contribution is 5.89. The number of hydrogen-bond acceptors (Lipinski definition) is 4. The van der Waals surface area contributed by atoms with E-state index >= 15 is 0 Å². The van der Waals surface area contributed by atoms with Crippen LogP contribution in [0.25, 0.3) is 5.82 Å². The van der Waals surface area contributed by atoms with E-state index in [1.54, 1.807) is 40.5 Å². The van der Waals surface area contributed by atoms with Gasteiger partial charge in [0.1, 0.15) is 18.5 Å². The van der Waals surface area contributed by atoms with Crippen LogP contribution >= 0.6 is 0 Å². The van der Waals surface area contributed by atoms with E-state index in [1.807, 2.05) is 13.8 Å². The van der Waals surface area contributed by atoms with Gasteiger partial charge in [-0.2, -0.15) is 0 Å². The van der Waals surface area contributed by atoms with E-state index < -0.39 is 0 Å². The summed E-state index contributed by atoms with van der Waals surface area (Å²) in [6, 6.07) is 3.47. The molecule has 19 heavy (non-hydrogen) atoms. The molecule has 0 saturated carbocycles. The number of carbonyl (C=O) groups is 1. The minimum absolute atomic E-state index is 0.121. The van der Waals surface area contributed by atoms with E-state index in [0.29, 0.717) is 24.6 Å². The first kappa shape index (κ1) is 13.0. The molecule has 0 radical (unpaired) electrons. The lowest BCUT2D eigenvalue weighted by atomic mass is 10.4. The third-order valence-electron chi connectivity index (χ3n) is 2.73. The fourth-order valence-electron chi connectivity index (χ4n) is 1.65. The summed E-state index contributed by atoms with van der Waals surface area (Å²) < 4.78 is 1.69. The summed E-state index contributed by atoms with van der Waals surface area (Å²) in [6.07, 6.45) is 4.74. The van der Waals surface area contributed by atoms with Gasteiger partial charge in [0.05, 0.1) is 11.9 Å². The van der Waals surface area contributed by atoms with E-state index in [2.05, 4.69) is 20.5 Å². The van der Waals surface area contributed by atoms with E-state index in [9.17, 15) is 4.79 Å². The summed E-state index contributed by atoms with van der Waals surface area (Å²) in [5, 5.41) is 10.2. The predicted molar refractivity (Wildman–Crippen MR) is 71.1 cm³/mol. The first-order valence-corrected chi connectivity index (χ1v) is 6.11. The third kappa shape index (κ3) is 3.06. The number of pyridine rings is 1. The summed E-state index contributed by atoms with van der Waals surface area (Å²) in [5.74, 6) is 0.700. The fraction of sp³-hybridized carbons (Fsp3) is 0.333. The van der Waals surface area contributed by atoms with E-state index in [-0.39, 0.29) is 6.03 Å². The molecule has 7 nitrogen and oxygen atoms in total. The Bertz CT molecular complexity index is 518. The first-order chi connectivity index (χ1) is 9.24. The summed E-state index contributed by atoms with van der Waals surface area (Å²) in [5.41, 5.74) is 0.661. The molecule has 100 valence electrons. The van der Waals surface area contributed by atoms with Crippen molar-refractivity contribution in [3.8, 4) is 5.82 Å². The average molecular weight is 260 g/mol. The van der Waals surface area contributed by atoms with Crippen molar-refractivity contribution in [2.24, 2.45) is 0 Å². The normalized spacial score (nSPS) is 10.2. The van der Waals surface area contributed by atoms with Crippen LogP contribution in [-0.2, 0) is 0 Å². The Morgan fingerprint density at radius 1 is 1.26 bits per heavy atom. The molecule has 2 aromatic rings. The lowest BCUT2D eigenvalue weighted by Crippen LogP contribution is -2.34. The lowest BCUT2D eigenvalue weighted by molar-refractivity contribution is 0.217. The number of rotatable bonds is 4. The van der Waals surface area contributed by atoms with Crippen LogP contribution in [0.15, 0.2) is 31.0 Å². The second-order valence-electron chi connectivity index (χ2n) is 3.88. The SMILES string of the molecule is CCN(CC)C(=O)Nc1ccc(-n2cnnc2)nc1. The molecule has 2 amide bonds. The Kier molecular flexibility index (Phi) is 4.07. The summed E-state index contributed by atoms with van der Waals surface area (Å²) in [6.45, 7) is 5.23. The summed E-state index contributed by atoms with van der Waals surface area (Å²) >= 11 is 0. The van der Waals surface area contributed by atoms with Crippen LogP contribution in [0.3, 0.4) is 0 Å². The monoisotopic (exact) mass is 260 g/mol. The molecule has 0 atom stereocenters. The van der Waals surface area contributed by atoms with Gasteiger partial charge in [-0.3, -0.25) is 4.57 Å². The zero-order valence-electron chi connectivity index (χ0n) is 10.9. The van der Waals surface area contributed by atoms with Crippen LogP contribution in [0.1, 0.15) is 13.8 Å². The Balaban J connectivity index is 2.05.